The van der Waals surface area contributed by atoms with Crippen LogP contribution in [0.5, 0.6) is 0 Å². The molecule has 1 aliphatic heterocycles. The molecule has 1 atom stereocenters. The van der Waals surface area contributed by atoms with Crippen LogP contribution >= 0.6 is 0 Å². The van der Waals surface area contributed by atoms with Crippen LogP contribution in [-0.2, 0) is 11.3 Å². The highest BCUT2D eigenvalue weighted by Crippen LogP contribution is 2.32. The topological polar surface area (TPSA) is 45.2 Å². The van der Waals surface area contributed by atoms with Crippen LogP contribution in [0, 0.1) is 17.7 Å². The molecule has 1 saturated heterocycles. The van der Waals surface area contributed by atoms with Gasteiger partial charge in [-0.15, -0.1) is 0 Å². The van der Waals surface area contributed by atoms with Crippen molar-refractivity contribution in [3.63, 3.8) is 0 Å². The zero-order chi connectivity index (χ0) is 20.8. The SMILES string of the molecule is O=C(CC1CCCC1)N[C@H](c1ccccn1)C1CCN(Cc2cccc(F)c2)CC1. The van der Waals surface area contributed by atoms with E-state index in [9.17, 15) is 9.18 Å². The minimum atomic E-state index is -0.178. The molecular formula is C25H32FN3O. The predicted molar refractivity (Wildman–Crippen MR) is 116 cm³/mol. The molecule has 2 aromatic rings. The lowest BCUT2D eigenvalue weighted by Crippen LogP contribution is -2.41. The highest BCUT2D eigenvalue weighted by molar-refractivity contribution is 5.76. The molecule has 1 amide bonds. The first-order valence-corrected chi connectivity index (χ1v) is 11.3. The molecule has 2 heterocycles. The Morgan fingerprint density at radius 1 is 1.10 bits per heavy atom. The molecule has 2 fully saturated rings. The van der Waals surface area contributed by atoms with E-state index < -0.39 is 0 Å². The Kier molecular flexibility index (Phi) is 7.11. The molecule has 160 valence electrons. The van der Waals surface area contributed by atoms with Gasteiger partial charge in [0.2, 0.25) is 5.91 Å². The van der Waals surface area contributed by atoms with Crippen molar-refractivity contribution in [2.45, 2.75) is 57.5 Å². The number of amides is 1. The maximum atomic E-state index is 13.5. The van der Waals surface area contributed by atoms with Crippen molar-refractivity contribution >= 4 is 5.91 Å². The molecule has 4 nitrogen and oxygen atoms in total. The summed E-state index contributed by atoms with van der Waals surface area (Å²) in [7, 11) is 0. The average Bonchev–Trinajstić information content (AvgIpc) is 3.26. The van der Waals surface area contributed by atoms with Crippen molar-refractivity contribution < 1.29 is 9.18 Å². The van der Waals surface area contributed by atoms with Gasteiger partial charge in [0.15, 0.2) is 0 Å². The Morgan fingerprint density at radius 2 is 1.90 bits per heavy atom. The molecular weight excluding hydrogens is 377 g/mol. The van der Waals surface area contributed by atoms with Gasteiger partial charge in [-0.25, -0.2) is 4.39 Å². The molecule has 0 bridgehead atoms. The first kappa shape index (κ1) is 21.0. The Hall–Kier alpha value is -2.27. The number of hydrogen-bond donors (Lipinski definition) is 1. The minimum absolute atomic E-state index is 0.0311. The molecule has 1 N–H and O–H groups in total. The summed E-state index contributed by atoms with van der Waals surface area (Å²) in [6.45, 7) is 2.67. The Bertz CT molecular complexity index is 814. The van der Waals surface area contributed by atoms with E-state index in [1.54, 1.807) is 12.1 Å². The van der Waals surface area contributed by atoms with Crippen molar-refractivity contribution in [1.82, 2.24) is 15.2 Å². The number of piperidine rings is 1. The van der Waals surface area contributed by atoms with Gasteiger partial charge in [0, 0.05) is 19.2 Å². The standard InChI is InChI=1S/C25H32FN3O/c26-22-9-5-8-20(16-22)18-29-14-11-21(12-15-29)25(23-10-3-4-13-27-23)28-24(30)17-19-6-1-2-7-19/h3-5,8-10,13,16,19,21,25H,1-2,6-7,11-12,14-15,17-18H2,(H,28,30)/t25-/m0/s1. The summed E-state index contributed by atoms with van der Waals surface area (Å²) < 4.78 is 13.5. The lowest BCUT2D eigenvalue weighted by molar-refractivity contribution is -0.123. The van der Waals surface area contributed by atoms with Gasteiger partial charge in [-0.2, -0.15) is 0 Å². The summed E-state index contributed by atoms with van der Waals surface area (Å²) in [5, 5.41) is 3.33. The quantitative estimate of drug-likeness (QED) is 0.710. The molecule has 1 saturated carbocycles. The van der Waals surface area contributed by atoms with Crippen molar-refractivity contribution in [2.75, 3.05) is 13.1 Å². The van der Waals surface area contributed by atoms with E-state index in [0.717, 1.165) is 43.7 Å². The maximum absolute atomic E-state index is 13.5. The third kappa shape index (κ3) is 5.66. The van der Waals surface area contributed by atoms with Crippen LogP contribution in [0.3, 0.4) is 0 Å². The van der Waals surface area contributed by atoms with Crippen LogP contribution < -0.4 is 5.32 Å². The third-order valence-electron chi connectivity index (χ3n) is 6.67. The number of halogens is 1. The number of carbonyl (C=O) groups is 1. The van der Waals surface area contributed by atoms with Crippen LogP contribution in [-0.4, -0.2) is 28.9 Å². The van der Waals surface area contributed by atoms with E-state index in [0.29, 0.717) is 18.3 Å². The van der Waals surface area contributed by atoms with E-state index in [1.807, 2.05) is 30.5 Å². The second-order valence-corrected chi connectivity index (χ2v) is 8.90. The lowest BCUT2D eigenvalue weighted by Gasteiger charge is -2.36. The first-order valence-electron chi connectivity index (χ1n) is 11.3. The fraction of sp³-hybridized carbons (Fsp3) is 0.520. The van der Waals surface area contributed by atoms with E-state index >= 15 is 0 Å². The molecule has 0 unspecified atom stereocenters. The van der Waals surface area contributed by atoms with Gasteiger partial charge in [0.05, 0.1) is 11.7 Å². The monoisotopic (exact) mass is 409 g/mol. The van der Waals surface area contributed by atoms with E-state index in [4.69, 9.17) is 0 Å². The first-order chi connectivity index (χ1) is 14.7. The van der Waals surface area contributed by atoms with E-state index in [-0.39, 0.29) is 17.8 Å². The maximum Gasteiger partial charge on any atom is 0.220 e. The van der Waals surface area contributed by atoms with Crippen LogP contribution in [0.1, 0.15) is 62.2 Å². The normalized spacial score (nSPS) is 19.6. The Balaban J connectivity index is 1.37. The molecule has 2 aliphatic rings. The second-order valence-electron chi connectivity index (χ2n) is 8.90. The van der Waals surface area contributed by atoms with Crippen LogP contribution in [0.15, 0.2) is 48.7 Å². The van der Waals surface area contributed by atoms with E-state index in [2.05, 4.69) is 15.2 Å². The zero-order valence-corrected chi connectivity index (χ0v) is 17.6. The fourth-order valence-corrected chi connectivity index (χ4v) is 5.04. The molecule has 30 heavy (non-hydrogen) atoms. The zero-order valence-electron chi connectivity index (χ0n) is 17.6. The molecule has 4 rings (SSSR count). The van der Waals surface area contributed by atoms with Gasteiger partial charge < -0.3 is 5.32 Å². The van der Waals surface area contributed by atoms with Gasteiger partial charge in [0.25, 0.3) is 0 Å². The number of rotatable bonds is 7. The summed E-state index contributed by atoms with van der Waals surface area (Å²) in [6.07, 6.45) is 9.32. The Labute approximate surface area is 178 Å². The summed E-state index contributed by atoms with van der Waals surface area (Å²) in [5.41, 5.74) is 1.97. The number of likely N-dealkylation sites (tertiary alicyclic amines) is 1. The van der Waals surface area contributed by atoms with Crippen molar-refractivity contribution in [3.05, 3.63) is 65.7 Å². The number of hydrogen-bond acceptors (Lipinski definition) is 3. The molecule has 1 aromatic heterocycles. The largest absolute Gasteiger partial charge is 0.347 e. The van der Waals surface area contributed by atoms with Gasteiger partial charge in [-0.1, -0.05) is 31.0 Å². The number of carbonyl (C=O) groups excluding carboxylic acids is 1. The molecule has 1 aromatic carbocycles. The average molecular weight is 410 g/mol. The van der Waals surface area contributed by atoms with Crippen LogP contribution in [0.4, 0.5) is 4.39 Å². The van der Waals surface area contributed by atoms with Crippen molar-refractivity contribution in [3.8, 4) is 0 Å². The number of nitrogens with one attached hydrogen (secondary N) is 1. The van der Waals surface area contributed by atoms with Crippen LogP contribution in [0.25, 0.3) is 0 Å². The van der Waals surface area contributed by atoms with Crippen molar-refractivity contribution in [1.29, 1.82) is 0 Å². The second kappa shape index (κ2) is 10.2. The number of aromatic nitrogens is 1. The van der Waals surface area contributed by atoms with Crippen LogP contribution in [0.2, 0.25) is 0 Å². The van der Waals surface area contributed by atoms with Gasteiger partial charge in [0.1, 0.15) is 5.82 Å². The smallest absolute Gasteiger partial charge is 0.220 e. The number of pyridine rings is 1. The predicted octanol–water partition coefficient (Wildman–Crippen LogP) is 4.87. The van der Waals surface area contributed by atoms with Crippen molar-refractivity contribution in [2.24, 2.45) is 11.8 Å². The van der Waals surface area contributed by atoms with Gasteiger partial charge in [-0.05, 0) is 80.4 Å². The third-order valence-corrected chi connectivity index (χ3v) is 6.67. The lowest BCUT2D eigenvalue weighted by atomic mass is 9.86. The highest BCUT2D eigenvalue weighted by atomic mass is 19.1. The fourth-order valence-electron chi connectivity index (χ4n) is 5.04. The molecule has 0 radical (unpaired) electrons. The molecule has 5 heteroatoms. The molecule has 0 spiro atoms. The summed E-state index contributed by atoms with van der Waals surface area (Å²) in [5.74, 6) is 0.904. The summed E-state index contributed by atoms with van der Waals surface area (Å²) in [6, 6.07) is 12.8. The Morgan fingerprint density at radius 3 is 2.60 bits per heavy atom. The van der Waals surface area contributed by atoms with E-state index in [1.165, 1.54) is 31.7 Å². The summed E-state index contributed by atoms with van der Waals surface area (Å²) in [4.78, 5) is 19.7. The van der Waals surface area contributed by atoms with Gasteiger partial charge in [-0.3, -0.25) is 14.7 Å². The number of benzene rings is 1. The molecule has 1 aliphatic carbocycles. The summed E-state index contributed by atoms with van der Waals surface area (Å²) >= 11 is 0. The number of nitrogens with zero attached hydrogens (tertiary/aromatic N) is 2. The highest BCUT2D eigenvalue weighted by Gasteiger charge is 2.30. The minimum Gasteiger partial charge on any atom is -0.347 e. The van der Waals surface area contributed by atoms with Gasteiger partial charge >= 0.3 is 0 Å².